The molecule has 1 heterocycles. The third-order valence-electron chi connectivity index (χ3n) is 3.11. The van der Waals surface area contributed by atoms with Crippen LogP contribution < -0.4 is 0 Å². The summed E-state index contributed by atoms with van der Waals surface area (Å²) in [6.45, 7) is 2.08. The topological polar surface area (TPSA) is 66.8 Å². The standard InChI is InChI=1S/C10H15NO4/c1-10(5-8(12)13)6-11(9(14)15-10)7-3-2-4-7/h7H,2-6H2,1H3,(H,12,13). The molecule has 1 saturated carbocycles. The van der Waals surface area contributed by atoms with E-state index in [1.54, 1.807) is 11.8 Å². The summed E-state index contributed by atoms with van der Waals surface area (Å²) in [7, 11) is 0. The molecule has 1 aliphatic heterocycles. The first-order chi connectivity index (χ1) is 7.00. The maximum atomic E-state index is 11.5. The van der Waals surface area contributed by atoms with Crippen LogP contribution in [0.25, 0.3) is 0 Å². The highest BCUT2D eigenvalue weighted by Crippen LogP contribution is 2.33. The molecule has 1 amide bonds. The zero-order valence-electron chi connectivity index (χ0n) is 8.73. The highest BCUT2D eigenvalue weighted by atomic mass is 16.6. The van der Waals surface area contributed by atoms with Gasteiger partial charge >= 0.3 is 12.1 Å². The van der Waals surface area contributed by atoms with Crippen LogP contribution in [0.3, 0.4) is 0 Å². The second kappa shape index (κ2) is 3.40. The van der Waals surface area contributed by atoms with Crippen LogP contribution >= 0.6 is 0 Å². The van der Waals surface area contributed by atoms with Crippen molar-refractivity contribution in [3.05, 3.63) is 0 Å². The predicted octanol–water partition coefficient (Wildman–Crippen LogP) is 1.22. The SMILES string of the molecule is CC1(CC(=O)O)CN(C2CCC2)C(=O)O1. The zero-order valence-corrected chi connectivity index (χ0v) is 8.73. The normalized spacial score (nSPS) is 31.3. The van der Waals surface area contributed by atoms with Crippen LogP contribution in [0.5, 0.6) is 0 Å². The lowest BCUT2D eigenvalue weighted by atomic mass is 9.91. The Morgan fingerprint density at radius 3 is 2.80 bits per heavy atom. The van der Waals surface area contributed by atoms with Gasteiger partial charge in [0.1, 0.15) is 5.60 Å². The van der Waals surface area contributed by atoms with Crippen LogP contribution in [0.15, 0.2) is 0 Å². The first-order valence-corrected chi connectivity index (χ1v) is 5.22. The molecule has 0 aromatic rings. The van der Waals surface area contributed by atoms with Crippen molar-refractivity contribution < 1.29 is 19.4 Å². The first-order valence-electron chi connectivity index (χ1n) is 5.22. The molecule has 84 valence electrons. The zero-order chi connectivity index (χ0) is 11.1. The number of cyclic esters (lactones) is 1. The maximum absolute atomic E-state index is 11.5. The Hall–Kier alpha value is -1.26. The minimum atomic E-state index is -0.930. The van der Waals surface area contributed by atoms with Crippen molar-refractivity contribution in [2.24, 2.45) is 0 Å². The van der Waals surface area contributed by atoms with Crippen molar-refractivity contribution >= 4 is 12.1 Å². The van der Waals surface area contributed by atoms with E-state index in [1.165, 1.54) is 0 Å². The van der Waals surface area contributed by atoms with Gasteiger partial charge in [-0.25, -0.2) is 4.79 Å². The minimum absolute atomic E-state index is 0.123. The summed E-state index contributed by atoms with van der Waals surface area (Å²) >= 11 is 0. The van der Waals surface area contributed by atoms with E-state index in [1.807, 2.05) is 0 Å². The van der Waals surface area contributed by atoms with Crippen LogP contribution in [0.1, 0.15) is 32.6 Å². The van der Waals surface area contributed by atoms with Gasteiger partial charge in [0, 0.05) is 6.04 Å². The third kappa shape index (κ3) is 1.91. The minimum Gasteiger partial charge on any atom is -0.481 e. The van der Waals surface area contributed by atoms with Crippen LogP contribution in [0.4, 0.5) is 4.79 Å². The van der Waals surface area contributed by atoms with E-state index in [-0.39, 0.29) is 18.6 Å². The lowest BCUT2D eigenvalue weighted by molar-refractivity contribution is -0.140. The number of amides is 1. The summed E-state index contributed by atoms with van der Waals surface area (Å²) in [5.74, 6) is -0.930. The van der Waals surface area contributed by atoms with Gasteiger partial charge in [-0.1, -0.05) is 0 Å². The van der Waals surface area contributed by atoms with E-state index >= 15 is 0 Å². The van der Waals surface area contributed by atoms with E-state index in [4.69, 9.17) is 9.84 Å². The molecular weight excluding hydrogens is 198 g/mol. The van der Waals surface area contributed by atoms with E-state index in [0.29, 0.717) is 6.54 Å². The fourth-order valence-corrected chi connectivity index (χ4v) is 2.12. The average Bonchev–Trinajstić information content (AvgIpc) is 2.21. The summed E-state index contributed by atoms with van der Waals surface area (Å²) in [5.41, 5.74) is -0.849. The van der Waals surface area contributed by atoms with Gasteiger partial charge in [-0.05, 0) is 26.2 Å². The smallest absolute Gasteiger partial charge is 0.410 e. The first kappa shape index (κ1) is 10.3. The molecule has 1 saturated heterocycles. The average molecular weight is 213 g/mol. The Bertz CT molecular complexity index is 300. The number of carboxylic acids is 1. The quantitative estimate of drug-likeness (QED) is 0.765. The lowest BCUT2D eigenvalue weighted by Crippen LogP contribution is -2.42. The van der Waals surface area contributed by atoms with Gasteiger partial charge in [-0.15, -0.1) is 0 Å². The Kier molecular flexibility index (Phi) is 2.32. The molecule has 0 aromatic carbocycles. The Morgan fingerprint density at radius 2 is 2.33 bits per heavy atom. The van der Waals surface area contributed by atoms with Crippen molar-refractivity contribution in [3.63, 3.8) is 0 Å². The monoisotopic (exact) mass is 213 g/mol. The van der Waals surface area contributed by atoms with Crippen molar-refractivity contribution in [2.45, 2.75) is 44.2 Å². The van der Waals surface area contributed by atoms with Gasteiger partial charge in [0.2, 0.25) is 0 Å². The molecule has 1 unspecified atom stereocenters. The molecule has 2 aliphatic rings. The molecule has 0 spiro atoms. The van der Waals surface area contributed by atoms with Gasteiger partial charge in [-0.2, -0.15) is 0 Å². The maximum Gasteiger partial charge on any atom is 0.410 e. The highest BCUT2D eigenvalue weighted by Gasteiger charge is 2.46. The molecule has 1 atom stereocenters. The van der Waals surface area contributed by atoms with Gasteiger partial charge < -0.3 is 14.7 Å². The fraction of sp³-hybridized carbons (Fsp3) is 0.800. The number of carboxylic acid groups (broad SMARTS) is 1. The Morgan fingerprint density at radius 1 is 1.67 bits per heavy atom. The van der Waals surface area contributed by atoms with E-state index in [2.05, 4.69) is 0 Å². The van der Waals surface area contributed by atoms with Gasteiger partial charge in [0.25, 0.3) is 0 Å². The van der Waals surface area contributed by atoms with E-state index in [0.717, 1.165) is 19.3 Å². The van der Waals surface area contributed by atoms with Gasteiger partial charge in [0.05, 0.1) is 13.0 Å². The number of hydrogen-bond donors (Lipinski definition) is 1. The van der Waals surface area contributed by atoms with Crippen LogP contribution in [0, 0.1) is 0 Å². The van der Waals surface area contributed by atoms with Crippen LogP contribution in [-0.2, 0) is 9.53 Å². The largest absolute Gasteiger partial charge is 0.481 e. The molecule has 0 aromatic heterocycles. The van der Waals surface area contributed by atoms with Crippen molar-refractivity contribution in [3.8, 4) is 0 Å². The van der Waals surface area contributed by atoms with Crippen LogP contribution in [-0.4, -0.2) is 40.3 Å². The summed E-state index contributed by atoms with van der Waals surface area (Å²) < 4.78 is 5.14. The number of ether oxygens (including phenoxy) is 1. The molecule has 2 rings (SSSR count). The number of rotatable bonds is 3. The number of carbonyl (C=O) groups is 2. The number of nitrogens with zero attached hydrogens (tertiary/aromatic N) is 1. The lowest BCUT2D eigenvalue weighted by Gasteiger charge is -2.33. The molecular formula is C10H15NO4. The summed E-state index contributed by atoms with van der Waals surface area (Å²) in [5, 5.41) is 8.71. The fourth-order valence-electron chi connectivity index (χ4n) is 2.12. The molecule has 1 N–H and O–H groups in total. The molecule has 15 heavy (non-hydrogen) atoms. The molecule has 0 bridgehead atoms. The summed E-state index contributed by atoms with van der Waals surface area (Å²) in [6.07, 6.45) is 2.69. The van der Waals surface area contributed by atoms with Crippen molar-refractivity contribution in [1.29, 1.82) is 0 Å². The second-order valence-electron chi connectivity index (χ2n) is 4.60. The van der Waals surface area contributed by atoms with Crippen LogP contribution in [0.2, 0.25) is 0 Å². The highest BCUT2D eigenvalue weighted by molar-refractivity contribution is 5.74. The second-order valence-corrected chi connectivity index (χ2v) is 4.60. The number of hydrogen-bond acceptors (Lipinski definition) is 3. The third-order valence-corrected chi connectivity index (χ3v) is 3.11. The number of aliphatic carboxylic acids is 1. The molecule has 1 aliphatic carbocycles. The predicted molar refractivity (Wildman–Crippen MR) is 51.5 cm³/mol. The van der Waals surface area contributed by atoms with Gasteiger partial charge in [0.15, 0.2) is 0 Å². The molecule has 0 radical (unpaired) electrons. The molecule has 5 nitrogen and oxygen atoms in total. The van der Waals surface area contributed by atoms with Crippen molar-refractivity contribution in [1.82, 2.24) is 4.90 Å². The van der Waals surface area contributed by atoms with E-state index in [9.17, 15) is 9.59 Å². The Balaban J connectivity index is 2.01. The molecule has 2 fully saturated rings. The van der Waals surface area contributed by atoms with Gasteiger partial charge in [-0.3, -0.25) is 4.79 Å². The van der Waals surface area contributed by atoms with E-state index < -0.39 is 11.6 Å². The summed E-state index contributed by atoms with van der Waals surface area (Å²) in [6, 6.07) is 0.271. The van der Waals surface area contributed by atoms with Crippen molar-refractivity contribution in [2.75, 3.05) is 6.54 Å². The summed E-state index contributed by atoms with van der Waals surface area (Å²) in [4.78, 5) is 23.8. The Labute approximate surface area is 88.0 Å². The molecule has 5 heteroatoms. The number of carbonyl (C=O) groups excluding carboxylic acids is 1.